The summed E-state index contributed by atoms with van der Waals surface area (Å²) in [6, 6.07) is 3.29. The van der Waals surface area contributed by atoms with Gasteiger partial charge in [-0.3, -0.25) is 4.79 Å². The Morgan fingerprint density at radius 2 is 1.86 bits per heavy atom. The van der Waals surface area contributed by atoms with Gasteiger partial charge in [-0.2, -0.15) is 13.2 Å². The van der Waals surface area contributed by atoms with Gasteiger partial charge in [0.2, 0.25) is 5.91 Å². The smallest absolute Gasteiger partial charge is 0.398 e. The topological polar surface area (TPSA) is 69.1 Å². The Balaban J connectivity index is 3.45. The van der Waals surface area contributed by atoms with Crippen LogP contribution in [0.5, 0.6) is 0 Å². The van der Waals surface area contributed by atoms with Crippen molar-refractivity contribution in [2.75, 3.05) is 5.73 Å². The minimum absolute atomic E-state index is 0.506. The largest absolute Gasteiger partial charge is 0.419 e. The minimum atomic E-state index is -4.67. The number of rotatable bonds is 1. The van der Waals surface area contributed by atoms with Crippen LogP contribution >= 0.6 is 0 Å². The molecule has 1 rings (SSSR count). The standard InChI is InChI=1S/C8H7F3N2O/c9-8(10,11)6-4(7(13)14)2-1-3-5(6)12/h1-3H,12H2,(H2,13,14). The lowest BCUT2D eigenvalue weighted by atomic mass is 10.0. The summed E-state index contributed by atoms with van der Waals surface area (Å²) in [5.41, 5.74) is 7.61. The first-order valence-electron chi connectivity index (χ1n) is 3.59. The highest BCUT2D eigenvalue weighted by Gasteiger charge is 2.36. The van der Waals surface area contributed by atoms with Crippen LogP contribution in [0.15, 0.2) is 18.2 Å². The molecule has 1 aromatic rings. The van der Waals surface area contributed by atoms with Crippen molar-refractivity contribution in [3.05, 3.63) is 29.3 Å². The van der Waals surface area contributed by atoms with Gasteiger partial charge in [-0.1, -0.05) is 6.07 Å². The number of nitrogen functional groups attached to an aromatic ring is 1. The van der Waals surface area contributed by atoms with E-state index in [1.807, 2.05) is 0 Å². The SMILES string of the molecule is NC(=O)c1cccc(N)c1C(F)(F)F. The number of anilines is 1. The maximum absolute atomic E-state index is 12.4. The molecule has 0 atom stereocenters. The molecule has 6 heteroatoms. The average molecular weight is 204 g/mol. The van der Waals surface area contributed by atoms with Crippen LogP contribution in [0.25, 0.3) is 0 Å². The molecule has 0 saturated carbocycles. The second-order valence-electron chi connectivity index (χ2n) is 2.63. The number of primary amides is 1. The van der Waals surface area contributed by atoms with Crippen molar-refractivity contribution in [1.82, 2.24) is 0 Å². The van der Waals surface area contributed by atoms with E-state index in [0.29, 0.717) is 0 Å². The molecule has 0 aliphatic carbocycles. The third-order valence-electron chi connectivity index (χ3n) is 1.65. The molecule has 76 valence electrons. The highest BCUT2D eigenvalue weighted by Crippen LogP contribution is 2.35. The van der Waals surface area contributed by atoms with Gasteiger partial charge < -0.3 is 11.5 Å². The molecule has 0 saturated heterocycles. The molecule has 0 radical (unpaired) electrons. The van der Waals surface area contributed by atoms with Crippen LogP contribution in [0.4, 0.5) is 18.9 Å². The molecule has 1 aromatic carbocycles. The van der Waals surface area contributed by atoms with Gasteiger partial charge in [0.25, 0.3) is 0 Å². The lowest BCUT2D eigenvalue weighted by Crippen LogP contribution is -2.20. The van der Waals surface area contributed by atoms with Crippen molar-refractivity contribution >= 4 is 11.6 Å². The lowest BCUT2D eigenvalue weighted by molar-refractivity contribution is -0.137. The van der Waals surface area contributed by atoms with Crippen LogP contribution in [0, 0.1) is 0 Å². The van der Waals surface area contributed by atoms with Crippen molar-refractivity contribution in [3.63, 3.8) is 0 Å². The Labute approximate surface area is 77.5 Å². The van der Waals surface area contributed by atoms with E-state index in [-0.39, 0.29) is 0 Å². The summed E-state index contributed by atoms with van der Waals surface area (Å²) in [5.74, 6) is -1.15. The molecule has 1 amide bonds. The summed E-state index contributed by atoms with van der Waals surface area (Å²) >= 11 is 0. The van der Waals surface area contributed by atoms with Gasteiger partial charge in [-0.25, -0.2) is 0 Å². The summed E-state index contributed by atoms with van der Waals surface area (Å²) in [6.45, 7) is 0. The monoisotopic (exact) mass is 204 g/mol. The van der Waals surface area contributed by atoms with Crippen molar-refractivity contribution in [1.29, 1.82) is 0 Å². The average Bonchev–Trinajstić information content (AvgIpc) is 2.01. The maximum Gasteiger partial charge on any atom is 0.419 e. The third-order valence-corrected chi connectivity index (χ3v) is 1.65. The fraction of sp³-hybridized carbons (Fsp3) is 0.125. The van der Waals surface area contributed by atoms with Crippen LogP contribution in [-0.2, 0) is 6.18 Å². The summed E-state index contributed by atoms with van der Waals surface area (Å²) in [7, 11) is 0. The second-order valence-corrected chi connectivity index (χ2v) is 2.63. The number of hydrogen-bond donors (Lipinski definition) is 2. The van der Waals surface area contributed by atoms with Gasteiger partial charge in [-0.15, -0.1) is 0 Å². The minimum Gasteiger partial charge on any atom is -0.398 e. The molecule has 0 bridgehead atoms. The number of alkyl halides is 3. The molecule has 0 fully saturated rings. The van der Waals surface area contributed by atoms with Gasteiger partial charge in [0.05, 0.1) is 11.1 Å². The fourth-order valence-electron chi connectivity index (χ4n) is 1.09. The molecule has 0 aliphatic rings. The molecular weight excluding hydrogens is 197 g/mol. The molecule has 4 N–H and O–H groups in total. The summed E-state index contributed by atoms with van der Waals surface area (Å²) in [4.78, 5) is 10.7. The van der Waals surface area contributed by atoms with Crippen molar-refractivity contribution in [2.24, 2.45) is 5.73 Å². The molecule has 0 spiro atoms. The molecule has 0 heterocycles. The Morgan fingerprint density at radius 1 is 1.29 bits per heavy atom. The number of hydrogen-bond acceptors (Lipinski definition) is 2. The van der Waals surface area contributed by atoms with Crippen LogP contribution in [0.2, 0.25) is 0 Å². The number of halogens is 3. The predicted octanol–water partition coefficient (Wildman–Crippen LogP) is 1.39. The number of carbonyl (C=O) groups excluding carboxylic acids is 1. The van der Waals surface area contributed by atoms with E-state index >= 15 is 0 Å². The molecule has 0 aliphatic heterocycles. The third kappa shape index (κ3) is 1.78. The Bertz CT molecular complexity index is 373. The summed E-state index contributed by atoms with van der Waals surface area (Å²) in [5, 5.41) is 0. The quantitative estimate of drug-likeness (QED) is 0.678. The van der Waals surface area contributed by atoms with E-state index in [1.165, 1.54) is 6.07 Å². The number of amides is 1. The Hall–Kier alpha value is -1.72. The first kappa shape index (κ1) is 10.4. The maximum atomic E-state index is 12.4. The fourth-order valence-corrected chi connectivity index (χ4v) is 1.09. The number of carbonyl (C=O) groups is 1. The Morgan fingerprint density at radius 3 is 2.21 bits per heavy atom. The molecule has 3 nitrogen and oxygen atoms in total. The first-order valence-corrected chi connectivity index (χ1v) is 3.59. The zero-order chi connectivity index (χ0) is 10.9. The van der Waals surface area contributed by atoms with E-state index in [9.17, 15) is 18.0 Å². The van der Waals surface area contributed by atoms with Gasteiger partial charge in [-0.05, 0) is 12.1 Å². The van der Waals surface area contributed by atoms with Crippen molar-refractivity contribution in [2.45, 2.75) is 6.18 Å². The predicted molar refractivity (Wildman–Crippen MR) is 44.4 cm³/mol. The zero-order valence-corrected chi connectivity index (χ0v) is 6.93. The van der Waals surface area contributed by atoms with Crippen LogP contribution in [-0.4, -0.2) is 5.91 Å². The van der Waals surface area contributed by atoms with E-state index < -0.39 is 28.9 Å². The molecular formula is C8H7F3N2O. The highest BCUT2D eigenvalue weighted by molar-refractivity contribution is 5.96. The summed E-state index contributed by atoms with van der Waals surface area (Å²) < 4.78 is 37.1. The van der Waals surface area contributed by atoms with Gasteiger partial charge >= 0.3 is 6.18 Å². The Kier molecular flexibility index (Phi) is 2.37. The van der Waals surface area contributed by atoms with Crippen LogP contribution in [0.3, 0.4) is 0 Å². The van der Waals surface area contributed by atoms with Crippen molar-refractivity contribution in [3.8, 4) is 0 Å². The first-order chi connectivity index (χ1) is 6.34. The number of nitrogens with two attached hydrogens (primary N) is 2. The van der Waals surface area contributed by atoms with E-state index in [2.05, 4.69) is 0 Å². The number of benzene rings is 1. The van der Waals surface area contributed by atoms with Crippen LogP contribution in [0.1, 0.15) is 15.9 Å². The van der Waals surface area contributed by atoms with E-state index in [4.69, 9.17) is 11.5 Å². The lowest BCUT2D eigenvalue weighted by Gasteiger charge is -2.12. The van der Waals surface area contributed by atoms with Gasteiger partial charge in [0.1, 0.15) is 0 Å². The molecule has 0 aromatic heterocycles. The van der Waals surface area contributed by atoms with Crippen molar-refractivity contribution < 1.29 is 18.0 Å². The second kappa shape index (κ2) is 3.21. The normalized spacial score (nSPS) is 11.4. The molecule has 14 heavy (non-hydrogen) atoms. The van der Waals surface area contributed by atoms with Gasteiger partial charge in [0.15, 0.2) is 0 Å². The van der Waals surface area contributed by atoms with E-state index in [1.54, 1.807) is 0 Å². The van der Waals surface area contributed by atoms with Crippen LogP contribution < -0.4 is 11.5 Å². The highest BCUT2D eigenvalue weighted by atomic mass is 19.4. The summed E-state index contributed by atoms with van der Waals surface area (Å²) in [6.07, 6.45) is -4.67. The zero-order valence-electron chi connectivity index (χ0n) is 6.93. The van der Waals surface area contributed by atoms with Gasteiger partial charge in [0, 0.05) is 5.69 Å². The van der Waals surface area contributed by atoms with E-state index in [0.717, 1.165) is 12.1 Å². The molecule has 0 unspecified atom stereocenters.